The normalized spacial score (nSPS) is 19.8. The predicted molar refractivity (Wildman–Crippen MR) is 135 cm³/mol. The van der Waals surface area contributed by atoms with Crippen LogP contribution in [0.15, 0.2) is 72.8 Å². The summed E-state index contributed by atoms with van der Waals surface area (Å²) in [7, 11) is 0. The van der Waals surface area contributed by atoms with Gasteiger partial charge < -0.3 is 0 Å². The Morgan fingerprint density at radius 1 is 0.742 bits per heavy atom. The second kappa shape index (κ2) is 10.3. The molecule has 0 bridgehead atoms. The van der Waals surface area contributed by atoms with Gasteiger partial charge in [-0.05, 0) is 84.6 Å². The molecule has 1 aliphatic carbocycles. The molecular weight excluding hydrogens is 372 g/mol. The van der Waals surface area contributed by atoms with Gasteiger partial charge in [-0.1, -0.05) is 105 Å². The Labute approximate surface area is 189 Å². The molecule has 0 radical (unpaired) electrons. The highest BCUT2D eigenvalue weighted by atomic mass is 14.3. The van der Waals surface area contributed by atoms with Crippen molar-refractivity contribution < 1.29 is 0 Å². The Kier molecular flexibility index (Phi) is 7.28. The van der Waals surface area contributed by atoms with E-state index in [9.17, 15) is 0 Å². The van der Waals surface area contributed by atoms with Crippen LogP contribution in [0.25, 0.3) is 11.1 Å². The summed E-state index contributed by atoms with van der Waals surface area (Å²) in [6.07, 6.45) is 9.49. The molecule has 31 heavy (non-hydrogen) atoms. The Balaban J connectivity index is 1.34. The molecule has 0 amide bonds. The van der Waals surface area contributed by atoms with Gasteiger partial charge in [0, 0.05) is 0 Å². The zero-order valence-electron chi connectivity index (χ0n) is 19.6. The van der Waals surface area contributed by atoms with Crippen LogP contribution >= 0.6 is 0 Å². The molecule has 3 aromatic rings. The van der Waals surface area contributed by atoms with E-state index >= 15 is 0 Å². The monoisotopic (exact) mass is 410 g/mol. The second-order valence-electron chi connectivity index (χ2n) is 9.84. The van der Waals surface area contributed by atoms with Crippen LogP contribution in [-0.4, -0.2) is 0 Å². The van der Waals surface area contributed by atoms with Gasteiger partial charge in [-0.15, -0.1) is 0 Å². The summed E-state index contributed by atoms with van der Waals surface area (Å²) in [4.78, 5) is 0. The Hall–Kier alpha value is -2.34. The van der Waals surface area contributed by atoms with Gasteiger partial charge in [0.2, 0.25) is 0 Å². The lowest BCUT2D eigenvalue weighted by Gasteiger charge is -2.28. The van der Waals surface area contributed by atoms with E-state index in [1.807, 2.05) is 0 Å². The molecule has 1 saturated carbocycles. The molecule has 162 valence electrons. The van der Waals surface area contributed by atoms with E-state index in [2.05, 4.69) is 93.6 Å². The van der Waals surface area contributed by atoms with Gasteiger partial charge in [0.05, 0.1) is 0 Å². The van der Waals surface area contributed by atoms with Crippen molar-refractivity contribution in [3.8, 4) is 11.1 Å². The first kappa shape index (κ1) is 21.9. The molecule has 0 heterocycles. The predicted octanol–water partition coefficient (Wildman–Crippen LogP) is 9.08. The van der Waals surface area contributed by atoms with Crippen molar-refractivity contribution in [1.29, 1.82) is 0 Å². The van der Waals surface area contributed by atoms with Crippen molar-refractivity contribution in [3.63, 3.8) is 0 Å². The molecule has 0 aliphatic heterocycles. The minimum absolute atomic E-state index is 0.530. The average molecular weight is 411 g/mol. The molecule has 0 N–H and O–H groups in total. The Morgan fingerprint density at radius 3 is 1.90 bits per heavy atom. The Bertz CT molecular complexity index is 923. The maximum Gasteiger partial charge on any atom is -0.0150 e. The van der Waals surface area contributed by atoms with E-state index in [1.165, 1.54) is 66.3 Å². The lowest BCUT2D eigenvalue weighted by Crippen LogP contribution is -2.13. The summed E-state index contributed by atoms with van der Waals surface area (Å²) in [5.41, 5.74) is 8.35. The highest BCUT2D eigenvalue weighted by Crippen LogP contribution is 2.37. The van der Waals surface area contributed by atoms with Crippen LogP contribution in [0.2, 0.25) is 0 Å². The summed E-state index contributed by atoms with van der Waals surface area (Å²) >= 11 is 0. The van der Waals surface area contributed by atoms with E-state index in [0.29, 0.717) is 5.92 Å². The van der Waals surface area contributed by atoms with E-state index in [4.69, 9.17) is 0 Å². The zero-order chi connectivity index (χ0) is 21.6. The lowest BCUT2D eigenvalue weighted by molar-refractivity contribution is 0.308. The number of rotatable bonds is 7. The first-order valence-electron chi connectivity index (χ1n) is 12.4. The summed E-state index contributed by atoms with van der Waals surface area (Å²) in [6, 6.07) is 27.5. The molecule has 0 spiro atoms. The Morgan fingerprint density at radius 2 is 1.32 bits per heavy atom. The third kappa shape index (κ3) is 5.67. The van der Waals surface area contributed by atoms with Crippen molar-refractivity contribution in [2.45, 2.75) is 77.6 Å². The highest BCUT2D eigenvalue weighted by Gasteiger charge is 2.21. The summed E-state index contributed by atoms with van der Waals surface area (Å²) in [5.74, 6) is 2.30. The fourth-order valence-electron chi connectivity index (χ4n) is 5.34. The molecule has 4 rings (SSSR count). The summed E-state index contributed by atoms with van der Waals surface area (Å²) in [6.45, 7) is 6.81. The van der Waals surface area contributed by atoms with Crippen LogP contribution in [-0.2, 0) is 6.42 Å². The zero-order valence-corrected chi connectivity index (χ0v) is 19.6. The standard InChI is InChI=1S/C31H38/c1-4-5-25-8-14-29(15-9-25)30-16-10-26(11-17-30)22-24(3)27-18-20-31(21-19-27)28-12-6-23(2)7-13-28/h6-7,10-13,16-21,24-25,29H,4-5,8-9,14-15,22H2,1-3H3/t24-,25?,29?/m1/s1. The number of hydrogen-bond acceptors (Lipinski definition) is 0. The molecule has 0 unspecified atom stereocenters. The lowest BCUT2D eigenvalue weighted by atomic mass is 9.77. The smallest absolute Gasteiger partial charge is 0.0150 e. The van der Waals surface area contributed by atoms with Crippen LogP contribution in [0.4, 0.5) is 0 Å². The molecule has 0 aromatic heterocycles. The first-order valence-corrected chi connectivity index (χ1v) is 12.4. The van der Waals surface area contributed by atoms with Crippen molar-refractivity contribution in [2.24, 2.45) is 5.92 Å². The third-order valence-electron chi connectivity index (χ3n) is 7.40. The van der Waals surface area contributed by atoms with Crippen LogP contribution in [0.3, 0.4) is 0 Å². The fourth-order valence-corrected chi connectivity index (χ4v) is 5.34. The SMILES string of the molecule is CCCC1CCC(c2ccc(C[C@@H](C)c3ccc(-c4ccc(C)cc4)cc3)cc2)CC1. The van der Waals surface area contributed by atoms with Crippen LogP contribution in [0.1, 0.15) is 86.5 Å². The maximum atomic E-state index is 2.41. The van der Waals surface area contributed by atoms with Gasteiger partial charge in [-0.3, -0.25) is 0 Å². The number of hydrogen-bond donors (Lipinski definition) is 0. The minimum atomic E-state index is 0.530. The molecule has 1 atom stereocenters. The third-order valence-corrected chi connectivity index (χ3v) is 7.40. The molecule has 0 saturated heterocycles. The van der Waals surface area contributed by atoms with Gasteiger partial charge in [0.25, 0.3) is 0 Å². The summed E-state index contributed by atoms with van der Waals surface area (Å²) in [5, 5.41) is 0. The molecular formula is C31H38. The van der Waals surface area contributed by atoms with Gasteiger partial charge in [0.15, 0.2) is 0 Å². The van der Waals surface area contributed by atoms with Gasteiger partial charge in [0.1, 0.15) is 0 Å². The van der Waals surface area contributed by atoms with E-state index in [1.54, 1.807) is 5.56 Å². The van der Waals surface area contributed by atoms with E-state index < -0.39 is 0 Å². The second-order valence-corrected chi connectivity index (χ2v) is 9.84. The van der Waals surface area contributed by atoms with Crippen LogP contribution < -0.4 is 0 Å². The quantitative estimate of drug-likeness (QED) is 0.364. The topological polar surface area (TPSA) is 0 Å². The van der Waals surface area contributed by atoms with Crippen LogP contribution in [0.5, 0.6) is 0 Å². The fraction of sp³-hybridized carbons (Fsp3) is 0.419. The number of benzene rings is 3. The van der Waals surface area contributed by atoms with Crippen molar-refractivity contribution in [3.05, 3.63) is 95.1 Å². The number of aryl methyl sites for hydroxylation is 1. The van der Waals surface area contributed by atoms with Crippen molar-refractivity contribution in [2.75, 3.05) is 0 Å². The van der Waals surface area contributed by atoms with Crippen molar-refractivity contribution in [1.82, 2.24) is 0 Å². The van der Waals surface area contributed by atoms with E-state index in [-0.39, 0.29) is 0 Å². The van der Waals surface area contributed by atoms with Crippen molar-refractivity contribution >= 4 is 0 Å². The maximum absolute atomic E-state index is 2.41. The molecule has 3 aromatic carbocycles. The van der Waals surface area contributed by atoms with Gasteiger partial charge >= 0.3 is 0 Å². The van der Waals surface area contributed by atoms with Gasteiger partial charge in [-0.2, -0.15) is 0 Å². The molecule has 0 heteroatoms. The first-order chi connectivity index (χ1) is 15.1. The molecule has 1 fully saturated rings. The van der Waals surface area contributed by atoms with Gasteiger partial charge in [-0.25, -0.2) is 0 Å². The average Bonchev–Trinajstić information content (AvgIpc) is 2.81. The minimum Gasteiger partial charge on any atom is -0.0654 e. The largest absolute Gasteiger partial charge is 0.0654 e. The summed E-state index contributed by atoms with van der Waals surface area (Å²) < 4.78 is 0. The molecule has 0 nitrogen and oxygen atoms in total. The highest BCUT2D eigenvalue weighted by molar-refractivity contribution is 5.64. The van der Waals surface area contributed by atoms with E-state index in [0.717, 1.165) is 18.3 Å². The molecule has 1 aliphatic rings. The van der Waals surface area contributed by atoms with Crippen LogP contribution in [0, 0.1) is 12.8 Å².